The molecule has 0 heterocycles. The normalized spacial score (nSPS) is 12.6. The van der Waals surface area contributed by atoms with Crippen molar-refractivity contribution in [3.8, 4) is 0 Å². The third-order valence-corrected chi connectivity index (χ3v) is 0.682. The van der Waals surface area contributed by atoms with E-state index in [1.54, 1.807) is 0 Å². The van der Waals surface area contributed by atoms with Crippen molar-refractivity contribution in [2.75, 3.05) is 0 Å². The van der Waals surface area contributed by atoms with Crippen molar-refractivity contribution in [1.82, 2.24) is 0 Å². The second-order valence-electron chi connectivity index (χ2n) is 1.99. The maximum Gasteiger partial charge on any atom is 2.00 e. The Hall–Kier alpha value is -0.478. The van der Waals surface area contributed by atoms with Crippen LogP contribution >= 0.6 is 0 Å². The monoisotopic (exact) mass is 284 g/mol. The number of carboxylic acid groups (broad SMARTS) is 2. The quantitative estimate of drug-likeness (QED) is 0.502. The molecule has 0 radical (unpaired) electrons. The van der Waals surface area contributed by atoms with Gasteiger partial charge >= 0.3 is 20.4 Å². The van der Waals surface area contributed by atoms with Crippen LogP contribution in [0, 0.1) is 0 Å². The Balaban J connectivity index is -0.000000143. The summed E-state index contributed by atoms with van der Waals surface area (Å²) in [7, 11) is 0. The van der Waals surface area contributed by atoms with Crippen molar-refractivity contribution in [3.05, 3.63) is 0 Å². The summed E-state index contributed by atoms with van der Waals surface area (Å²) in [5, 5.41) is 34.6. The molecule has 6 nitrogen and oxygen atoms in total. The van der Waals surface area contributed by atoms with E-state index in [1.807, 2.05) is 0 Å². The molecular weight excluding hydrogens is 274 g/mol. The van der Waals surface area contributed by atoms with E-state index < -0.39 is 24.1 Å². The molecule has 0 aliphatic rings. The van der Waals surface area contributed by atoms with Crippen molar-refractivity contribution < 1.29 is 50.4 Å². The van der Waals surface area contributed by atoms with E-state index in [0.717, 1.165) is 13.8 Å². The summed E-state index contributed by atoms with van der Waals surface area (Å²) in [4.78, 5) is 18.7. The SMILES string of the molecule is CC(O)C(=O)[O-].CC(O)C(=O)[O-].[Pd+2]. The number of aliphatic hydroxyl groups is 2. The molecule has 7 heteroatoms. The number of carboxylic acids is 2. The van der Waals surface area contributed by atoms with Gasteiger partial charge in [-0.25, -0.2) is 0 Å². The first-order chi connectivity index (χ1) is 5.29. The van der Waals surface area contributed by atoms with Crippen LogP contribution in [0.4, 0.5) is 0 Å². The number of aliphatic hydroxyl groups excluding tert-OH is 2. The van der Waals surface area contributed by atoms with Crippen LogP contribution in [0.1, 0.15) is 13.8 Å². The molecule has 2 atom stereocenters. The van der Waals surface area contributed by atoms with Crippen molar-refractivity contribution in [2.45, 2.75) is 26.1 Å². The second kappa shape index (κ2) is 9.61. The van der Waals surface area contributed by atoms with E-state index >= 15 is 0 Å². The van der Waals surface area contributed by atoms with E-state index in [0.29, 0.717) is 0 Å². The third kappa shape index (κ3) is 18.5. The predicted octanol–water partition coefficient (Wildman–Crippen LogP) is -3.77. The summed E-state index contributed by atoms with van der Waals surface area (Å²) in [6, 6.07) is 0. The molecule has 0 rings (SSSR count). The standard InChI is InChI=1S/2C3H6O3.Pd/c2*1-2(4)3(5)6;/h2*2,4H,1H3,(H,5,6);/q;;+2/p-2. The summed E-state index contributed by atoms with van der Waals surface area (Å²) in [5.41, 5.74) is 0. The van der Waals surface area contributed by atoms with Gasteiger partial charge in [0.25, 0.3) is 0 Å². The van der Waals surface area contributed by atoms with Crippen LogP contribution in [0.5, 0.6) is 0 Å². The van der Waals surface area contributed by atoms with Gasteiger partial charge in [0.05, 0.1) is 24.1 Å². The predicted molar refractivity (Wildman–Crippen MR) is 33.4 cm³/mol. The van der Waals surface area contributed by atoms with E-state index in [-0.39, 0.29) is 20.4 Å². The zero-order valence-corrected chi connectivity index (χ0v) is 8.55. The maximum absolute atomic E-state index is 9.34. The van der Waals surface area contributed by atoms with Crippen LogP contribution in [0.2, 0.25) is 0 Å². The van der Waals surface area contributed by atoms with Gasteiger partial charge in [0.15, 0.2) is 0 Å². The molecule has 0 spiro atoms. The van der Waals surface area contributed by atoms with Crippen molar-refractivity contribution in [3.63, 3.8) is 0 Å². The largest absolute Gasteiger partial charge is 2.00 e. The molecule has 0 aromatic heterocycles. The Morgan fingerprint density at radius 3 is 1.08 bits per heavy atom. The summed E-state index contributed by atoms with van der Waals surface area (Å²) in [6.07, 6.45) is -2.69. The van der Waals surface area contributed by atoms with Crippen LogP contribution in [0.3, 0.4) is 0 Å². The van der Waals surface area contributed by atoms with Gasteiger partial charge in [-0.2, -0.15) is 0 Å². The number of carbonyl (C=O) groups is 2. The first kappa shape index (κ1) is 18.3. The first-order valence-corrected chi connectivity index (χ1v) is 3.06. The zero-order valence-electron chi connectivity index (χ0n) is 7.00. The molecule has 0 bridgehead atoms. The van der Waals surface area contributed by atoms with Gasteiger partial charge < -0.3 is 30.0 Å². The Morgan fingerprint density at radius 2 is 1.08 bits per heavy atom. The van der Waals surface area contributed by atoms with Gasteiger partial charge in [0.2, 0.25) is 0 Å². The summed E-state index contributed by atoms with van der Waals surface area (Å²) in [5.74, 6) is -2.87. The molecule has 2 unspecified atom stereocenters. The van der Waals surface area contributed by atoms with E-state index in [9.17, 15) is 19.8 Å². The van der Waals surface area contributed by atoms with Gasteiger partial charge in [0.1, 0.15) is 0 Å². The Labute approximate surface area is 88.8 Å². The van der Waals surface area contributed by atoms with Crippen molar-refractivity contribution >= 4 is 11.9 Å². The van der Waals surface area contributed by atoms with E-state index in [2.05, 4.69) is 0 Å². The molecule has 0 amide bonds. The Kier molecular flexibility index (Phi) is 13.6. The summed E-state index contributed by atoms with van der Waals surface area (Å²) >= 11 is 0. The van der Waals surface area contributed by atoms with E-state index in [4.69, 9.17) is 10.2 Å². The topological polar surface area (TPSA) is 121 Å². The number of hydrogen-bond donors (Lipinski definition) is 2. The Morgan fingerprint density at radius 1 is 1.00 bits per heavy atom. The van der Waals surface area contributed by atoms with Gasteiger partial charge in [0, 0.05) is 0 Å². The molecule has 0 aliphatic heterocycles. The molecule has 0 saturated heterocycles. The number of rotatable bonds is 2. The molecule has 0 aliphatic carbocycles. The van der Waals surface area contributed by atoms with Crippen LogP contribution in [-0.2, 0) is 30.0 Å². The van der Waals surface area contributed by atoms with Crippen LogP contribution in [0.25, 0.3) is 0 Å². The number of hydrogen-bond acceptors (Lipinski definition) is 6. The Bertz CT molecular complexity index is 137. The minimum absolute atomic E-state index is 0. The van der Waals surface area contributed by atoms with Crippen molar-refractivity contribution in [2.24, 2.45) is 0 Å². The average molecular weight is 285 g/mol. The number of carbonyl (C=O) groups excluding carboxylic acids is 2. The van der Waals surface area contributed by atoms with Crippen LogP contribution < -0.4 is 10.2 Å². The molecule has 0 aromatic rings. The van der Waals surface area contributed by atoms with E-state index in [1.165, 1.54) is 0 Å². The fourth-order valence-electron chi connectivity index (χ4n) is 0. The minimum atomic E-state index is -1.44. The van der Waals surface area contributed by atoms with Gasteiger partial charge in [-0.1, -0.05) is 0 Å². The smallest absolute Gasteiger partial charge is 0.547 e. The molecule has 0 saturated carbocycles. The minimum Gasteiger partial charge on any atom is -0.547 e. The number of aliphatic carboxylic acids is 2. The molecule has 80 valence electrons. The third-order valence-electron chi connectivity index (χ3n) is 0.682. The second-order valence-corrected chi connectivity index (χ2v) is 1.99. The van der Waals surface area contributed by atoms with Gasteiger partial charge in [-0.3, -0.25) is 0 Å². The molecule has 0 aromatic carbocycles. The first-order valence-electron chi connectivity index (χ1n) is 3.06. The fraction of sp³-hybridized carbons (Fsp3) is 0.667. The summed E-state index contributed by atoms with van der Waals surface area (Å²) < 4.78 is 0. The molecular formula is C6H10O6Pd. The fourth-order valence-corrected chi connectivity index (χ4v) is 0. The molecule has 13 heavy (non-hydrogen) atoms. The van der Waals surface area contributed by atoms with Crippen LogP contribution in [0.15, 0.2) is 0 Å². The zero-order chi connectivity index (χ0) is 10.3. The maximum atomic E-state index is 9.34. The summed E-state index contributed by atoms with van der Waals surface area (Å²) in [6.45, 7) is 2.27. The average Bonchev–Trinajstić information content (AvgIpc) is 1.88. The van der Waals surface area contributed by atoms with Crippen LogP contribution in [-0.4, -0.2) is 34.4 Å². The molecule has 0 fully saturated rings. The van der Waals surface area contributed by atoms with Gasteiger partial charge in [-0.15, -0.1) is 0 Å². The van der Waals surface area contributed by atoms with Crippen molar-refractivity contribution in [1.29, 1.82) is 0 Å². The van der Waals surface area contributed by atoms with Gasteiger partial charge in [-0.05, 0) is 13.8 Å². The molecule has 2 N–H and O–H groups in total.